The first-order valence-electron chi connectivity index (χ1n) is 9.56. The van der Waals surface area contributed by atoms with Crippen molar-refractivity contribution in [2.75, 3.05) is 37.7 Å². The Hall–Kier alpha value is -3.47. The van der Waals surface area contributed by atoms with Crippen LogP contribution in [0, 0.1) is 10.1 Å². The lowest BCUT2D eigenvalue weighted by molar-refractivity contribution is -0.907. The summed E-state index contributed by atoms with van der Waals surface area (Å²) in [5.74, 6) is -1.27. The molecule has 1 fully saturated rings. The number of nitrogens with one attached hydrogen (secondary N) is 1. The van der Waals surface area contributed by atoms with Gasteiger partial charge in [-0.25, -0.2) is 4.90 Å². The molecule has 0 aliphatic carbocycles. The highest BCUT2D eigenvalue weighted by atomic mass is 19.4. The second-order valence-corrected chi connectivity index (χ2v) is 7.44. The van der Waals surface area contributed by atoms with Gasteiger partial charge in [-0.05, 0) is 24.3 Å². The van der Waals surface area contributed by atoms with E-state index in [-0.39, 0.29) is 17.8 Å². The summed E-state index contributed by atoms with van der Waals surface area (Å²) in [5, 5.41) is 11.2. The summed E-state index contributed by atoms with van der Waals surface area (Å²) in [6.45, 7) is 1.91. The van der Waals surface area contributed by atoms with E-state index < -0.39 is 34.2 Å². The van der Waals surface area contributed by atoms with Crippen molar-refractivity contribution in [1.29, 1.82) is 0 Å². The number of nitro benzene ring substituents is 1. The van der Waals surface area contributed by atoms with Crippen LogP contribution in [0.3, 0.4) is 0 Å². The van der Waals surface area contributed by atoms with Crippen LogP contribution in [0.15, 0.2) is 42.5 Å². The lowest BCUT2D eigenvalue weighted by Gasteiger charge is -2.35. The molecule has 0 radical (unpaired) electrons. The van der Waals surface area contributed by atoms with Crippen molar-refractivity contribution in [2.45, 2.75) is 6.18 Å². The Kier molecular flexibility index (Phi) is 5.13. The molecule has 2 amide bonds. The van der Waals surface area contributed by atoms with Gasteiger partial charge in [0.15, 0.2) is 6.67 Å². The number of nitro groups is 1. The number of benzene rings is 2. The summed E-state index contributed by atoms with van der Waals surface area (Å²) < 4.78 is 38.9. The van der Waals surface area contributed by atoms with Crippen LogP contribution in [0.2, 0.25) is 0 Å². The zero-order chi connectivity index (χ0) is 22.3. The standard InChI is InChI=1S/C20H17F3N4O4/c21-20(22,23)13-3-1-4-14(11-13)25-9-7-24(8-10-25)12-26-18(28)15-5-2-6-16(27(30)31)17(15)19(26)29/h1-6,11H,7-10,12H2/p+1. The highest BCUT2D eigenvalue weighted by Gasteiger charge is 2.43. The van der Waals surface area contributed by atoms with Crippen molar-refractivity contribution in [3.05, 3.63) is 69.3 Å². The van der Waals surface area contributed by atoms with Crippen molar-refractivity contribution in [3.63, 3.8) is 0 Å². The molecule has 11 heteroatoms. The number of hydrogen-bond donors (Lipinski definition) is 1. The van der Waals surface area contributed by atoms with Gasteiger partial charge in [0.05, 0.1) is 42.2 Å². The SMILES string of the molecule is O=C1c2cccc([N+](=O)[O-])c2C(=O)N1C[NH+]1CCN(c2cccc(C(F)(F)F)c2)CC1. The van der Waals surface area contributed by atoms with Crippen molar-refractivity contribution < 1.29 is 32.6 Å². The first kappa shape index (κ1) is 20.8. The Bertz CT molecular complexity index is 1060. The Morgan fingerprint density at radius 3 is 2.35 bits per heavy atom. The molecule has 1 saturated heterocycles. The highest BCUT2D eigenvalue weighted by Crippen LogP contribution is 2.32. The van der Waals surface area contributed by atoms with Crippen LogP contribution in [0.25, 0.3) is 0 Å². The average molecular weight is 435 g/mol. The van der Waals surface area contributed by atoms with Crippen LogP contribution in [0.5, 0.6) is 0 Å². The minimum atomic E-state index is -4.42. The third-order valence-electron chi connectivity index (χ3n) is 5.56. The van der Waals surface area contributed by atoms with Gasteiger partial charge < -0.3 is 9.80 Å². The number of carbonyl (C=O) groups is 2. The lowest BCUT2D eigenvalue weighted by atomic mass is 10.1. The number of nitrogens with zero attached hydrogens (tertiary/aromatic N) is 3. The smallest absolute Gasteiger partial charge is 0.360 e. The number of imide groups is 1. The molecule has 0 aromatic heterocycles. The molecule has 0 unspecified atom stereocenters. The average Bonchev–Trinajstić information content (AvgIpc) is 2.98. The molecule has 162 valence electrons. The summed E-state index contributed by atoms with van der Waals surface area (Å²) in [6, 6.07) is 9.05. The summed E-state index contributed by atoms with van der Waals surface area (Å²) in [5.41, 5.74) is -0.832. The summed E-state index contributed by atoms with van der Waals surface area (Å²) in [4.78, 5) is 39.6. The van der Waals surface area contributed by atoms with Gasteiger partial charge in [-0.3, -0.25) is 19.7 Å². The normalized spacial score (nSPS) is 17.3. The van der Waals surface area contributed by atoms with E-state index in [9.17, 15) is 32.9 Å². The number of quaternary nitrogens is 1. The number of halogens is 3. The van der Waals surface area contributed by atoms with Gasteiger partial charge in [0.1, 0.15) is 5.56 Å². The Labute approximate surface area is 174 Å². The van der Waals surface area contributed by atoms with E-state index in [0.29, 0.717) is 31.9 Å². The van der Waals surface area contributed by atoms with Crippen LogP contribution < -0.4 is 9.80 Å². The number of hydrogen-bond acceptors (Lipinski definition) is 5. The fourth-order valence-electron chi connectivity index (χ4n) is 3.95. The maximum absolute atomic E-state index is 13.0. The number of rotatable bonds is 4. The second-order valence-electron chi connectivity index (χ2n) is 7.44. The van der Waals surface area contributed by atoms with E-state index in [0.717, 1.165) is 21.9 Å². The van der Waals surface area contributed by atoms with Gasteiger partial charge >= 0.3 is 6.18 Å². The van der Waals surface area contributed by atoms with Gasteiger partial charge in [-0.2, -0.15) is 13.2 Å². The molecule has 0 atom stereocenters. The van der Waals surface area contributed by atoms with E-state index >= 15 is 0 Å². The molecule has 8 nitrogen and oxygen atoms in total. The second kappa shape index (κ2) is 7.65. The number of anilines is 1. The predicted molar refractivity (Wildman–Crippen MR) is 103 cm³/mol. The van der Waals surface area contributed by atoms with Crippen molar-refractivity contribution in [1.82, 2.24) is 4.90 Å². The zero-order valence-corrected chi connectivity index (χ0v) is 16.2. The topological polar surface area (TPSA) is 88.2 Å². The third-order valence-corrected chi connectivity index (χ3v) is 5.56. The van der Waals surface area contributed by atoms with Gasteiger partial charge in [-0.15, -0.1) is 0 Å². The van der Waals surface area contributed by atoms with Gasteiger partial charge in [-0.1, -0.05) is 12.1 Å². The number of alkyl halides is 3. The van der Waals surface area contributed by atoms with E-state index in [1.54, 1.807) is 6.07 Å². The molecule has 4 rings (SSSR count). The first-order chi connectivity index (χ1) is 14.7. The Morgan fingerprint density at radius 2 is 1.71 bits per heavy atom. The van der Waals surface area contributed by atoms with E-state index in [1.165, 1.54) is 24.3 Å². The van der Waals surface area contributed by atoms with Crippen LogP contribution in [0.1, 0.15) is 26.3 Å². The minimum absolute atomic E-state index is 0.0150. The van der Waals surface area contributed by atoms with Gasteiger partial charge in [0.2, 0.25) is 0 Å². The summed E-state index contributed by atoms with van der Waals surface area (Å²) >= 11 is 0. The summed E-state index contributed by atoms with van der Waals surface area (Å²) in [6.07, 6.45) is -4.42. The summed E-state index contributed by atoms with van der Waals surface area (Å²) in [7, 11) is 0. The number of amides is 2. The molecule has 0 bridgehead atoms. The minimum Gasteiger partial charge on any atom is -0.360 e. The van der Waals surface area contributed by atoms with E-state index in [4.69, 9.17) is 0 Å². The quantitative estimate of drug-likeness (QED) is 0.448. The predicted octanol–water partition coefficient (Wildman–Crippen LogP) is 1.57. The largest absolute Gasteiger partial charge is 0.416 e. The van der Waals surface area contributed by atoms with E-state index in [1.807, 2.05) is 4.90 Å². The van der Waals surface area contributed by atoms with Crippen molar-refractivity contribution >= 4 is 23.2 Å². The molecule has 0 spiro atoms. The van der Waals surface area contributed by atoms with Crippen molar-refractivity contribution in [3.8, 4) is 0 Å². The number of fused-ring (bicyclic) bond motifs is 1. The highest BCUT2D eigenvalue weighted by molar-refractivity contribution is 6.23. The molecular weight excluding hydrogens is 417 g/mol. The maximum Gasteiger partial charge on any atom is 0.416 e. The molecule has 31 heavy (non-hydrogen) atoms. The molecular formula is C20H18F3N4O4+. The zero-order valence-electron chi connectivity index (χ0n) is 16.2. The van der Waals surface area contributed by atoms with Gasteiger partial charge in [0.25, 0.3) is 17.5 Å². The fourth-order valence-corrected chi connectivity index (χ4v) is 3.95. The lowest BCUT2D eigenvalue weighted by Crippen LogP contribution is -3.16. The monoisotopic (exact) mass is 435 g/mol. The molecule has 2 aromatic carbocycles. The van der Waals surface area contributed by atoms with E-state index in [2.05, 4.69) is 0 Å². The molecule has 1 N–H and O–H groups in total. The molecule has 0 saturated carbocycles. The molecule has 2 aromatic rings. The number of carbonyl (C=O) groups excluding carboxylic acids is 2. The Morgan fingerprint density at radius 1 is 1.03 bits per heavy atom. The molecule has 2 aliphatic heterocycles. The van der Waals surface area contributed by atoms with Crippen LogP contribution >= 0.6 is 0 Å². The van der Waals surface area contributed by atoms with Crippen LogP contribution in [0.4, 0.5) is 24.5 Å². The maximum atomic E-state index is 13.0. The fraction of sp³-hybridized carbons (Fsp3) is 0.300. The third kappa shape index (κ3) is 3.83. The first-order valence-corrected chi connectivity index (χ1v) is 9.56. The molecule has 2 heterocycles. The Balaban J connectivity index is 1.43. The molecule has 2 aliphatic rings. The number of piperazine rings is 1. The van der Waals surface area contributed by atoms with Crippen molar-refractivity contribution in [2.24, 2.45) is 0 Å². The van der Waals surface area contributed by atoms with Crippen LogP contribution in [-0.4, -0.2) is 54.5 Å². The van der Waals surface area contributed by atoms with Crippen LogP contribution in [-0.2, 0) is 6.18 Å². The van der Waals surface area contributed by atoms with Gasteiger partial charge in [0, 0.05) is 11.8 Å².